The number of hydrogen-bond donors (Lipinski definition) is 1. The average molecular weight is 329 g/mol. The molecule has 0 spiro atoms. The lowest BCUT2D eigenvalue weighted by Crippen LogP contribution is -2.62. The predicted octanol–water partition coefficient (Wildman–Crippen LogP) is 2.83. The summed E-state index contributed by atoms with van der Waals surface area (Å²) in [6.07, 6.45) is 1.21. The molecule has 24 heavy (non-hydrogen) atoms. The van der Waals surface area contributed by atoms with Crippen molar-refractivity contribution in [1.29, 1.82) is 0 Å². The van der Waals surface area contributed by atoms with Crippen molar-refractivity contribution < 1.29 is 18.7 Å². The highest BCUT2D eigenvalue weighted by molar-refractivity contribution is 5.99. The Balaban J connectivity index is 1.57. The maximum absolute atomic E-state index is 12.8. The summed E-state index contributed by atoms with van der Waals surface area (Å²) >= 11 is 0. The van der Waals surface area contributed by atoms with E-state index in [0.717, 1.165) is 35.1 Å². The fourth-order valence-corrected chi connectivity index (χ4v) is 4.20. The van der Waals surface area contributed by atoms with Gasteiger partial charge in [-0.05, 0) is 31.9 Å². The molecule has 1 aliphatic heterocycles. The minimum absolute atomic E-state index is 0.0966. The number of carbonyl (C=O) groups excluding carboxylic acids is 1. The van der Waals surface area contributed by atoms with Crippen molar-refractivity contribution in [1.82, 2.24) is 5.32 Å². The zero-order valence-corrected chi connectivity index (χ0v) is 14.3. The van der Waals surface area contributed by atoms with E-state index in [-0.39, 0.29) is 24.0 Å². The molecule has 2 aromatic rings. The second-order valence-corrected chi connectivity index (χ2v) is 6.96. The van der Waals surface area contributed by atoms with Crippen LogP contribution in [-0.2, 0) is 9.47 Å². The average Bonchev–Trinajstić information content (AvgIpc) is 3.12. The van der Waals surface area contributed by atoms with Crippen molar-refractivity contribution >= 4 is 16.9 Å². The van der Waals surface area contributed by atoms with Gasteiger partial charge in [-0.3, -0.25) is 4.79 Å². The summed E-state index contributed by atoms with van der Waals surface area (Å²) in [5.41, 5.74) is 2.78. The number of furan rings is 1. The number of carbonyl (C=O) groups is 1. The highest BCUT2D eigenvalue weighted by Crippen LogP contribution is 2.44. The van der Waals surface area contributed by atoms with E-state index in [1.54, 1.807) is 7.11 Å². The molecule has 1 amide bonds. The molecule has 0 bridgehead atoms. The largest absolute Gasteiger partial charge is 0.451 e. The third kappa shape index (κ3) is 2.34. The molecule has 2 fully saturated rings. The Morgan fingerprint density at radius 1 is 1.38 bits per heavy atom. The molecule has 4 rings (SSSR count). The number of benzene rings is 1. The first-order valence-corrected chi connectivity index (χ1v) is 8.51. The molecule has 1 aromatic heterocycles. The summed E-state index contributed by atoms with van der Waals surface area (Å²) < 4.78 is 16.9. The SMILES string of the molecule is COC[C@@H]1[C@H](NC(=O)c2oc3cc(C)ccc3c2C)[C@H]2CCO[C@H]21. The molecule has 1 saturated carbocycles. The van der Waals surface area contributed by atoms with E-state index in [2.05, 4.69) is 5.32 Å². The molecule has 0 unspecified atom stereocenters. The van der Waals surface area contributed by atoms with Crippen molar-refractivity contribution in [2.24, 2.45) is 11.8 Å². The topological polar surface area (TPSA) is 60.7 Å². The van der Waals surface area contributed by atoms with Gasteiger partial charge in [0, 0.05) is 42.5 Å². The molecule has 2 aliphatic rings. The first-order chi connectivity index (χ1) is 11.6. The summed E-state index contributed by atoms with van der Waals surface area (Å²) in [5, 5.41) is 4.16. The Labute approximate surface area is 141 Å². The van der Waals surface area contributed by atoms with Crippen LogP contribution in [0.1, 0.15) is 28.1 Å². The Hall–Kier alpha value is -1.85. The molecule has 1 aliphatic carbocycles. The number of fused-ring (bicyclic) bond motifs is 2. The number of rotatable bonds is 4. The zero-order chi connectivity index (χ0) is 16.8. The van der Waals surface area contributed by atoms with Crippen LogP contribution < -0.4 is 5.32 Å². The standard InChI is InChI=1S/C19H23NO4/c1-10-4-5-12-11(2)17(24-15(12)8-10)19(21)20-16-13-6-7-23-18(13)14(16)9-22-3/h4-5,8,13-14,16,18H,6-7,9H2,1-3H3,(H,20,21)/t13-,14-,16-,18-/m1/s1. The number of amides is 1. The Morgan fingerprint density at radius 3 is 3.00 bits per heavy atom. The molecular weight excluding hydrogens is 306 g/mol. The van der Waals surface area contributed by atoms with Crippen LogP contribution in [0.25, 0.3) is 11.0 Å². The maximum atomic E-state index is 12.8. The van der Waals surface area contributed by atoms with Gasteiger partial charge in [0.15, 0.2) is 5.76 Å². The molecule has 0 radical (unpaired) electrons. The van der Waals surface area contributed by atoms with Gasteiger partial charge in [0.2, 0.25) is 0 Å². The molecule has 1 saturated heterocycles. The monoisotopic (exact) mass is 329 g/mol. The number of nitrogens with one attached hydrogen (secondary N) is 1. The second-order valence-electron chi connectivity index (χ2n) is 6.96. The van der Waals surface area contributed by atoms with Gasteiger partial charge >= 0.3 is 0 Å². The minimum atomic E-state index is -0.141. The molecule has 2 heterocycles. The van der Waals surface area contributed by atoms with Gasteiger partial charge in [-0.2, -0.15) is 0 Å². The lowest BCUT2D eigenvalue weighted by Gasteiger charge is -2.47. The smallest absolute Gasteiger partial charge is 0.287 e. The molecule has 5 nitrogen and oxygen atoms in total. The summed E-state index contributed by atoms with van der Waals surface area (Å²) in [6, 6.07) is 6.11. The van der Waals surface area contributed by atoms with Crippen LogP contribution in [0, 0.1) is 25.7 Å². The quantitative estimate of drug-likeness (QED) is 0.937. The van der Waals surface area contributed by atoms with Gasteiger partial charge in [-0.15, -0.1) is 0 Å². The fourth-order valence-electron chi connectivity index (χ4n) is 4.20. The Morgan fingerprint density at radius 2 is 2.21 bits per heavy atom. The summed E-state index contributed by atoms with van der Waals surface area (Å²) in [5.74, 6) is 0.881. The molecular formula is C19H23NO4. The van der Waals surface area contributed by atoms with E-state index in [0.29, 0.717) is 18.3 Å². The first kappa shape index (κ1) is 15.7. The third-order valence-corrected chi connectivity index (χ3v) is 5.48. The molecule has 1 aromatic carbocycles. The van der Waals surface area contributed by atoms with Crippen LogP contribution in [0.2, 0.25) is 0 Å². The summed E-state index contributed by atoms with van der Waals surface area (Å²) in [7, 11) is 1.69. The van der Waals surface area contributed by atoms with Crippen molar-refractivity contribution in [3.8, 4) is 0 Å². The highest BCUT2D eigenvalue weighted by atomic mass is 16.5. The van der Waals surface area contributed by atoms with E-state index in [4.69, 9.17) is 13.9 Å². The Bertz CT molecular complexity index is 781. The molecule has 4 atom stereocenters. The van der Waals surface area contributed by atoms with E-state index in [9.17, 15) is 4.79 Å². The number of ether oxygens (including phenoxy) is 2. The highest BCUT2D eigenvalue weighted by Gasteiger charge is 2.54. The lowest BCUT2D eigenvalue weighted by molar-refractivity contribution is -0.0811. The van der Waals surface area contributed by atoms with E-state index < -0.39 is 0 Å². The van der Waals surface area contributed by atoms with Crippen LogP contribution in [0.3, 0.4) is 0 Å². The number of hydrogen-bond acceptors (Lipinski definition) is 4. The second kappa shape index (κ2) is 5.90. The molecule has 1 N–H and O–H groups in total. The zero-order valence-electron chi connectivity index (χ0n) is 14.3. The third-order valence-electron chi connectivity index (χ3n) is 5.48. The Kier molecular flexibility index (Phi) is 3.85. The van der Waals surface area contributed by atoms with Crippen LogP contribution in [0.15, 0.2) is 22.6 Å². The number of aryl methyl sites for hydroxylation is 2. The van der Waals surface area contributed by atoms with Gasteiger partial charge in [0.1, 0.15) is 5.58 Å². The maximum Gasteiger partial charge on any atom is 0.287 e. The van der Waals surface area contributed by atoms with Crippen LogP contribution in [0.5, 0.6) is 0 Å². The van der Waals surface area contributed by atoms with Crippen molar-refractivity contribution in [2.75, 3.05) is 20.3 Å². The molecule has 128 valence electrons. The van der Waals surface area contributed by atoms with Crippen molar-refractivity contribution in [3.05, 3.63) is 35.1 Å². The first-order valence-electron chi connectivity index (χ1n) is 8.51. The van der Waals surface area contributed by atoms with Crippen LogP contribution in [-0.4, -0.2) is 38.4 Å². The van der Waals surface area contributed by atoms with Gasteiger partial charge in [0.05, 0.1) is 12.7 Å². The van der Waals surface area contributed by atoms with Gasteiger partial charge in [-0.25, -0.2) is 0 Å². The summed E-state index contributed by atoms with van der Waals surface area (Å²) in [4.78, 5) is 12.8. The van der Waals surface area contributed by atoms with Crippen LogP contribution in [0.4, 0.5) is 0 Å². The fraction of sp³-hybridized carbons (Fsp3) is 0.526. The van der Waals surface area contributed by atoms with Crippen molar-refractivity contribution in [2.45, 2.75) is 32.4 Å². The van der Waals surface area contributed by atoms with E-state index in [1.165, 1.54) is 0 Å². The van der Waals surface area contributed by atoms with Gasteiger partial charge in [0.25, 0.3) is 5.91 Å². The van der Waals surface area contributed by atoms with Crippen LogP contribution >= 0.6 is 0 Å². The van der Waals surface area contributed by atoms with E-state index >= 15 is 0 Å². The van der Waals surface area contributed by atoms with Gasteiger partial charge in [-0.1, -0.05) is 12.1 Å². The lowest BCUT2D eigenvalue weighted by atomic mass is 9.67. The van der Waals surface area contributed by atoms with Gasteiger partial charge < -0.3 is 19.2 Å². The predicted molar refractivity (Wildman–Crippen MR) is 90.2 cm³/mol. The van der Waals surface area contributed by atoms with E-state index in [1.807, 2.05) is 32.0 Å². The number of methoxy groups -OCH3 is 1. The summed E-state index contributed by atoms with van der Waals surface area (Å²) in [6.45, 7) is 5.32. The molecule has 5 heteroatoms. The minimum Gasteiger partial charge on any atom is -0.451 e. The normalized spacial score (nSPS) is 28.6. The van der Waals surface area contributed by atoms with Crippen molar-refractivity contribution in [3.63, 3.8) is 0 Å².